The van der Waals surface area contributed by atoms with Crippen LogP contribution in [0.15, 0.2) is 35.7 Å². The molecule has 1 aromatic heterocycles. The Balaban J connectivity index is 1.47. The van der Waals surface area contributed by atoms with Crippen molar-refractivity contribution in [1.29, 1.82) is 5.41 Å². The predicted molar refractivity (Wildman–Crippen MR) is 102 cm³/mol. The van der Waals surface area contributed by atoms with E-state index in [0.717, 1.165) is 42.9 Å². The van der Waals surface area contributed by atoms with Crippen LogP contribution in [0.5, 0.6) is 0 Å². The number of fused-ring (bicyclic) bond motifs is 3. The fourth-order valence-corrected chi connectivity index (χ4v) is 4.60. The van der Waals surface area contributed by atoms with Crippen LogP contribution in [0.2, 0.25) is 0 Å². The maximum absolute atomic E-state index is 12.5. The summed E-state index contributed by atoms with van der Waals surface area (Å²) in [6, 6.07) is 9.73. The number of amides is 1. The van der Waals surface area contributed by atoms with Crippen LogP contribution in [0.1, 0.15) is 18.4 Å². The molecule has 3 aliphatic heterocycles. The van der Waals surface area contributed by atoms with E-state index < -0.39 is 0 Å². The number of nitrogens with one attached hydrogen (secondary N) is 2. The molecule has 1 aromatic carbocycles. The quantitative estimate of drug-likeness (QED) is 0.583. The van der Waals surface area contributed by atoms with Crippen molar-refractivity contribution in [2.75, 3.05) is 25.4 Å². The lowest BCUT2D eigenvalue weighted by Crippen LogP contribution is -2.58. The molecule has 1 atom stereocenters. The molecule has 3 fully saturated rings. The van der Waals surface area contributed by atoms with E-state index >= 15 is 0 Å². The molecule has 2 bridgehead atoms. The summed E-state index contributed by atoms with van der Waals surface area (Å²) in [6.07, 6.45) is 2.27. The Kier molecular flexibility index (Phi) is 4.31. The second-order valence-corrected chi connectivity index (χ2v) is 7.82. The first-order valence-electron chi connectivity index (χ1n) is 8.67. The van der Waals surface area contributed by atoms with Crippen molar-refractivity contribution in [3.05, 3.63) is 41.3 Å². The van der Waals surface area contributed by atoms with Crippen molar-refractivity contribution < 1.29 is 4.79 Å². The van der Waals surface area contributed by atoms with E-state index in [9.17, 15) is 4.79 Å². The van der Waals surface area contributed by atoms with Crippen LogP contribution in [0.4, 0.5) is 5.69 Å². The molecule has 5 nitrogen and oxygen atoms in total. The Hall–Kier alpha value is -2.18. The van der Waals surface area contributed by atoms with Gasteiger partial charge in [-0.2, -0.15) is 0 Å². The van der Waals surface area contributed by atoms with Crippen LogP contribution < -0.4 is 11.1 Å². The van der Waals surface area contributed by atoms with Crippen molar-refractivity contribution in [3.8, 4) is 10.4 Å². The van der Waals surface area contributed by atoms with Gasteiger partial charge in [0.1, 0.15) is 5.71 Å². The third-order valence-corrected chi connectivity index (χ3v) is 6.25. The first kappa shape index (κ1) is 16.3. The maximum Gasteiger partial charge on any atom is 0.270 e. The van der Waals surface area contributed by atoms with Crippen molar-refractivity contribution >= 4 is 28.6 Å². The van der Waals surface area contributed by atoms with Gasteiger partial charge in [-0.3, -0.25) is 10.2 Å². The highest BCUT2D eigenvalue weighted by Gasteiger charge is 2.35. The van der Waals surface area contributed by atoms with Crippen LogP contribution in [0.3, 0.4) is 0 Å². The Morgan fingerprint density at radius 3 is 2.68 bits per heavy atom. The first-order valence-corrected chi connectivity index (χ1v) is 9.55. The third kappa shape index (κ3) is 3.19. The van der Waals surface area contributed by atoms with Crippen LogP contribution in [0.25, 0.3) is 10.4 Å². The number of hydrogen-bond acceptors (Lipinski definition) is 5. The molecular formula is C19H22N4OS. The van der Waals surface area contributed by atoms with Gasteiger partial charge in [0.15, 0.2) is 0 Å². The molecule has 0 spiro atoms. The third-order valence-electron chi connectivity index (χ3n) is 5.33. The zero-order chi connectivity index (χ0) is 17.4. The van der Waals surface area contributed by atoms with Crippen molar-refractivity contribution in [1.82, 2.24) is 10.2 Å². The first-order chi connectivity index (χ1) is 12.1. The minimum atomic E-state index is -0.325. The molecule has 3 aliphatic rings. The summed E-state index contributed by atoms with van der Waals surface area (Å²) in [5.74, 6) is 0.217. The average Bonchev–Trinajstić information content (AvgIpc) is 3.17. The number of benzene rings is 1. The molecule has 0 unspecified atom stereocenters. The maximum atomic E-state index is 12.5. The van der Waals surface area contributed by atoms with E-state index in [2.05, 4.69) is 10.2 Å². The van der Waals surface area contributed by atoms with Gasteiger partial charge >= 0.3 is 0 Å². The lowest BCUT2D eigenvalue weighted by molar-refractivity contribution is -0.116. The molecule has 1 amide bonds. The van der Waals surface area contributed by atoms with Gasteiger partial charge in [-0.1, -0.05) is 12.1 Å². The molecule has 0 aliphatic carbocycles. The lowest BCUT2D eigenvalue weighted by atomic mass is 9.84. The van der Waals surface area contributed by atoms with Crippen LogP contribution in [-0.2, 0) is 4.79 Å². The van der Waals surface area contributed by atoms with Crippen LogP contribution in [0, 0.1) is 11.3 Å². The Bertz CT molecular complexity index is 794. The van der Waals surface area contributed by atoms with Gasteiger partial charge in [0.25, 0.3) is 5.91 Å². The van der Waals surface area contributed by atoms with Gasteiger partial charge < -0.3 is 16.0 Å². The van der Waals surface area contributed by atoms with Crippen molar-refractivity contribution in [2.45, 2.75) is 18.9 Å². The number of rotatable bonds is 4. The minimum absolute atomic E-state index is 0.0494. The number of nitrogens with two attached hydrogens (primary N) is 1. The summed E-state index contributed by atoms with van der Waals surface area (Å²) in [4.78, 5) is 16.1. The second kappa shape index (κ2) is 6.61. The summed E-state index contributed by atoms with van der Waals surface area (Å²) < 4.78 is 0. The van der Waals surface area contributed by atoms with E-state index in [1.54, 1.807) is 17.4 Å². The molecule has 4 N–H and O–H groups in total. The number of nitrogen functional groups attached to an aromatic ring is 1. The van der Waals surface area contributed by atoms with Crippen molar-refractivity contribution in [2.24, 2.45) is 5.92 Å². The van der Waals surface area contributed by atoms with E-state index in [1.807, 2.05) is 29.6 Å². The Morgan fingerprint density at radius 1 is 1.28 bits per heavy atom. The van der Waals surface area contributed by atoms with E-state index in [0.29, 0.717) is 17.2 Å². The van der Waals surface area contributed by atoms with E-state index in [-0.39, 0.29) is 17.7 Å². The molecule has 2 aromatic rings. The number of carbonyl (C=O) groups excluding carboxylic acids is 1. The molecular weight excluding hydrogens is 332 g/mol. The van der Waals surface area contributed by atoms with Crippen molar-refractivity contribution in [3.63, 3.8) is 0 Å². The van der Waals surface area contributed by atoms with Gasteiger partial charge in [0.2, 0.25) is 0 Å². The van der Waals surface area contributed by atoms with Gasteiger partial charge in [-0.05, 0) is 61.0 Å². The normalized spacial score (nSPS) is 24.9. The SMILES string of the molecule is N=C(C(=O)N[C@@H]1CN2CCC1CC2)c1ccc(-c2cccs2)cc1N. The summed E-state index contributed by atoms with van der Waals surface area (Å²) in [5, 5.41) is 13.3. The average molecular weight is 354 g/mol. The molecule has 5 rings (SSSR count). The molecule has 25 heavy (non-hydrogen) atoms. The van der Waals surface area contributed by atoms with Gasteiger partial charge in [0.05, 0.1) is 0 Å². The number of anilines is 1. The monoisotopic (exact) mass is 354 g/mol. The minimum Gasteiger partial charge on any atom is -0.398 e. The van der Waals surface area contributed by atoms with Gasteiger partial charge in [-0.25, -0.2) is 0 Å². The zero-order valence-corrected chi connectivity index (χ0v) is 14.8. The highest BCUT2D eigenvalue weighted by atomic mass is 32.1. The number of carbonyl (C=O) groups is 1. The number of thiophene rings is 1. The summed E-state index contributed by atoms with van der Waals surface area (Å²) in [5.41, 5.74) is 8.07. The highest BCUT2D eigenvalue weighted by Crippen LogP contribution is 2.29. The largest absolute Gasteiger partial charge is 0.398 e. The van der Waals surface area contributed by atoms with Crippen LogP contribution in [-0.4, -0.2) is 42.2 Å². The molecule has 3 saturated heterocycles. The smallest absolute Gasteiger partial charge is 0.270 e. The topological polar surface area (TPSA) is 82.2 Å². The number of nitrogens with zero attached hydrogens (tertiary/aromatic N) is 1. The summed E-state index contributed by atoms with van der Waals surface area (Å²) >= 11 is 1.64. The molecule has 0 saturated carbocycles. The summed E-state index contributed by atoms with van der Waals surface area (Å²) in [7, 11) is 0. The van der Waals surface area contributed by atoms with E-state index in [1.165, 1.54) is 0 Å². The predicted octanol–water partition coefficient (Wildman–Crippen LogP) is 2.58. The number of piperidine rings is 3. The van der Waals surface area contributed by atoms with E-state index in [4.69, 9.17) is 11.1 Å². The van der Waals surface area contributed by atoms with Crippen LogP contribution >= 0.6 is 11.3 Å². The molecule has 6 heteroatoms. The highest BCUT2D eigenvalue weighted by molar-refractivity contribution is 7.13. The van der Waals surface area contributed by atoms with Gasteiger partial charge in [-0.15, -0.1) is 11.3 Å². The fraction of sp³-hybridized carbons (Fsp3) is 0.368. The fourth-order valence-electron chi connectivity index (χ4n) is 3.88. The summed E-state index contributed by atoms with van der Waals surface area (Å²) in [6.45, 7) is 3.16. The van der Waals surface area contributed by atoms with Gasteiger partial charge in [0, 0.05) is 28.7 Å². The number of hydrogen-bond donors (Lipinski definition) is 3. The molecule has 4 heterocycles. The Morgan fingerprint density at radius 2 is 2.08 bits per heavy atom. The molecule has 130 valence electrons. The Labute approximate surface area is 151 Å². The lowest BCUT2D eigenvalue weighted by Gasteiger charge is -2.44. The standard InChI is InChI=1S/C19H22N4OS/c20-15-10-13(17-2-1-9-25-17)3-4-14(15)18(21)19(24)22-16-11-23-7-5-12(16)6-8-23/h1-4,9-10,12,16,21H,5-8,11,20H2,(H,22,24)/t16-/m1/s1. The second-order valence-electron chi connectivity index (χ2n) is 6.87. The molecule has 0 radical (unpaired) electrons. The zero-order valence-electron chi connectivity index (χ0n) is 14.0.